The Balaban J connectivity index is 1.91. The van der Waals surface area contributed by atoms with Crippen LogP contribution in [0, 0.1) is 0 Å². The summed E-state index contributed by atoms with van der Waals surface area (Å²) in [5.74, 6) is -0.656. The molecule has 0 spiro atoms. The molecule has 0 saturated heterocycles. The summed E-state index contributed by atoms with van der Waals surface area (Å²) in [5, 5.41) is 3.67. The second-order valence-corrected chi connectivity index (χ2v) is 7.73. The van der Waals surface area contributed by atoms with E-state index in [-0.39, 0.29) is 17.8 Å². The third kappa shape index (κ3) is 3.83. The van der Waals surface area contributed by atoms with Crippen LogP contribution in [0.1, 0.15) is 64.9 Å². The lowest BCUT2D eigenvalue weighted by Gasteiger charge is -2.15. The van der Waals surface area contributed by atoms with Crippen molar-refractivity contribution in [2.24, 2.45) is 0 Å². The number of methoxy groups -OCH3 is 1. The van der Waals surface area contributed by atoms with Crippen LogP contribution in [0.3, 0.4) is 0 Å². The molecule has 0 radical (unpaired) electrons. The van der Waals surface area contributed by atoms with Crippen molar-refractivity contribution in [2.75, 3.05) is 12.4 Å². The lowest BCUT2D eigenvalue weighted by molar-refractivity contribution is -0.117. The van der Waals surface area contributed by atoms with E-state index in [1.807, 2.05) is 37.3 Å². The lowest BCUT2D eigenvalue weighted by atomic mass is 9.95. The molecule has 0 fully saturated rings. The van der Waals surface area contributed by atoms with Crippen molar-refractivity contribution in [1.82, 2.24) is 0 Å². The van der Waals surface area contributed by atoms with Gasteiger partial charge in [-0.3, -0.25) is 4.79 Å². The number of benzene rings is 1. The highest BCUT2D eigenvalue weighted by atomic mass is 32.1. The maximum absolute atomic E-state index is 12.9. The van der Waals surface area contributed by atoms with Crippen LogP contribution in [0.25, 0.3) is 0 Å². The molecule has 0 bridgehead atoms. The summed E-state index contributed by atoms with van der Waals surface area (Å²) in [6.07, 6.45) is 5.92. The maximum atomic E-state index is 12.9. The van der Waals surface area contributed by atoms with Crippen LogP contribution in [0.4, 0.5) is 5.00 Å². The van der Waals surface area contributed by atoms with Crippen LogP contribution in [0.2, 0.25) is 0 Å². The van der Waals surface area contributed by atoms with Gasteiger partial charge in [0.1, 0.15) is 5.00 Å². The Morgan fingerprint density at radius 1 is 1.15 bits per heavy atom. The number of ether oxygens (including phenoxy) is 1. The van der Waals surface area contributed by atoms with Gasteiger partial charge in [0.05, 0.1) is 18.6 Å². The van der Waals surface area contributed by atoms with Gasteiger partial charge in [0.2, 0.25) is 5.91 Å². The van der Waals surface area contributed by atoms with Crippen LogP contribution in [0.5, 0.6) is 0 Å². The number of thiophene rings is 1. The number of nitrogens with one attached hydrogen (secondary N) is 1. The summed E-state index contributed by atoms with van der Waals surface area (Å²) in [5.41, 5.74) is 2.62. The molecule has 26 heavy (non-hydrogen) atoms. The van der Waals surface area contributed by atoms with Gasteiger partial charge in [0.15, 0.2) is 0 Å². The normalized spacial score (nSPS) is 14.8. The summed E-state index contributed by atoms with van der Waals surface area (Å²) in [4.78, 5) is 26.5. The van der Waals surface area contributed by atoms with Crippen LogP contribution in [0.15, 0.2) is 30.3 Å². The smallest absolute Gasteiger partial charge is 0.341 e. The molecule has 138 valence electrons. The molecule has 1 N–H and O–H groups in total. The van der Waals surface area contributed by atoms with E-state index >= 15 is 0 Å². The number of rotatable bonds is 5. The third-order valence-electron chi connectivity index (χ3n) is 4.97. The molecule has 4 nitrogen and oxygen atoms in total. The van der Waals surface area contributed by atoms with E-state index in [1.165, 1.54) is 29.7 Å². The summed E-state index contributed by atoms with van der Waals surface area (Å²) < 4.78 is 5.01. The average Bonchev–Trinajstić information content (AvgIpc) is 2.83. The minimum absolute atomic E-state index is 0.0692. The fourth-order valence-electron chi connectivity index (χ4n) is 3.61. The lowest BCUT2D eigenvalue weighted by Crippen LogP contribution is -2.21. The highest BCUT2D eigenvalue weighted by Gasteiger charge is 2.28. The number of amides is 1. The second kappa shape index (κ2) is 8.49. The Labute approximate surface area is 158 Å². The number of fused-ring (bicyclic) bond motifs is 1. The molecule has 1 heterocycles. The molecule has 0 saturated carbocycles. The monoisotopic (exact) mass is 371 g/mol. The SMILES string of the molecule is CCC(C(=O)Nc1sc2c(c1C(=O)OC)CCCCC2)c1ccccc1. The van der Waals surface area contributed by atoms with Crippen molar-refractivity contribution in [2.45, 2.75) is 51.4 Å². The number of hydrogen-bond donors (Lipinski definition) is 1. The van der Waals surface area contributed by atoms with Crippen LogP contribution in [-0.4, -0.2) is 19.0 Å². The molecule has 3 rings (SSSR count). The first-order valence-electron chi connectivity index (χ1n) is 9.24. The molecule has 1 aromatic heterocycles. The summed E-state index contributed by atoms with van der Waals surface area (Å²) in [6.45, 7) is 2.00. The Morgan fingerprint density at radius 3 is 2.58 bits per heavy atom. The van der Waals surface area contributed by atoms with E-state index in [9.17, 15) is 9.59 Å². The fraction of sp³-hybridized carbons (Fsp3) is 0.429. The number of aryl methyl sites for hydroxylation is 1. The Hall–Kier alpha value is -2.14. The number of carbonyl (C=O) groups is 2. The standard InChI is InChI=1S/C21H25NO3S/c1-3-15(14-10-6-4-7-11-14)19(23)22-20-18(21(24)25-2)16-12-8-5-9-13-17(16)26-20/h4,6-7,10-11,15H,3,5,8-9,12-13H2,1-2H3,(H,22,23). The zero-order valence-electron chi connectivity index (χ0n) is 15.3. The zero-order chi connectivity index (χ0) is 18.5. The first kappa shape index (κ1) is 18.6. The Bertz CT molecular complexity index is 782. The molecule has 1 unspecified atom stereocenters. The molecule has 1 aromatic carbocycles. The molecule has 1 aliphatic rings. The van der Waals surface area contributed by atoms with Gasteiger partial charge in [-0.15, -0.1) is 11.3 Å². The molecule has 0 aliphatic heterocycles. The molecule has 1 atom stereocenters. The Morgan fingerprint density at radius 2 is 1.88 bits per heavy atom. The van der Waals surface area contributed by atoms with Gasteiger partial charge in [-0.25, -0.2) is 4.79 Å². The quantitative estimate of drug-likeness (QED) is 0.598. The van der Waals surface area contributed by atoms with Crippen molar-refractivity contribution in [1.29, 1.82) is 0 Å². The van der Waals surface area contributed by atoms with Crippen molar-refractivity contribution in [3.63, 3.8) is 0 Å². The van der Waals surface area contributed by atoms with E-state index in [1.54, 1.807) is 0 Å². The van der Waals surface area contributed by atoms with Gasteiger partial charge >= 0.3 is 5.97 Å². The van der Waals surface area contributed by atoms with E-state index in [4.69, 9.17) is 4.74 Å². The van der Waals surface area contributed by atoms with Gasteiger partial charge in [-0.2, -0.15) is 0 Å². The molecule has 1 amide bonds. The van der Waals surface area contributed by atoms with Crippen molar-refractivity contribution in [3.05, 3.63) is 51.9 Å². The first-order chi connectivity index (χ1) is 12.7. The van der Waals surface area contributed by atoms with Crippen LogP contribution >= 0.6 is 11.3 Å². The second-order valence-electron chi connectivity index (χ2n) is 6.62. The molecule has 1 aliphatic carbocycles. The number of carbonyl (C=O) groups excluding carboxylic acids is 2. The van der Waals surface area contributed by atoms with E-state index < -0.39 is 0 Å². The van der Waals surface area contributed by atoms with Gasteiger partial charge in [0, 0.05) is 4.88 Å². The summed E-state index contributed by atoms with van der Waals surface area (Å²) in [6, 6.07) is 9.77. The number of hydrogen-bond acceptors (Lipinski definition) is 4. The highest BCUT2D eigenvalue weighted by molar-refractivity contribution is 7.17. The highest BCUT2D eigenvalue weighted by Crippen LogP contribution is 2.38. The van der Waals surface area contributed by atoms with Crippen LogP contribution < -0.4 is 5.32 Å². The topological polar surface area (TPSA) is 55.4 Å². The predicted molar refractivity (Wildman–Crippen MR) is 105 cm³/mol. The van der Waals surface area contributed by atoms with Crippen molar-refractivity contribution >= 4 is 28.2 Å². The van der Waals surface area contributed by atoms with E-state index in [2.05, 4.69) is 5.32 Å². The third-order valence-corrected chi connectivity index (χ3v) is 6.18. The molecular formula is C21H25NO3S. The summed E-state index contributed by atoms with van der Waals surface area (Å²) >= 11 is 1.54. The van der Waals surface area contributed by atoms with Gasteiger partial charge in [-0.05, 0) is 43.2 Å². The van der Waals surface area contributed by atoms with Crippen molar-refractivity contribution in [3.8, 4) is 0 Å². The van der Waals surface area contributed by atoms with Gasteiger partial charge < -0.3 is 10.1 Å². The largest absolute Gasteiger partial charge is 0.465 e. The predicted octanol–water partition coefficient (Wildman–Crippen LogP) is 4.94. The van der Waals surface area contributed by atoms with E-state index in [0.717, 1.165) is 36.8 Å². The van der Waals surface area contributed by atoms with Gasteiger partial charge in [0.25, 0.3) is 0 Å². The maximum Gasteiger partial charge on any atom is 0.341 e. The first-order valence-corrected chi connectivity index (χ1v) is 10.1. The number of esters is 1. The fourth-order valence-corrected chi connectivity index (χ4v) is 4.89. The minimum Gasteiger partial charge on any atom is -0.465 e. The average molecular weight is 372 g/mol. The zero-order valence-corrected chi connectivity index (χ0v) is 16.2. The van der Waals surface area contributed by atoms with Gasteiger partial charge in [-0.1, -0.05) is 43.7 Å². The molecule has 5 heteroatoms. The molecule has 2 aromatic rings. The minimum atomic E-state index is -0.354. The van der Waals surface area contributed by atoms with Crippen LogP contribution in [-0.2, 0) is 22.4 Å². The molecular weight excluding hydrogens is 346 g/mol. The Kier molecular flexibility index (Phi) is 6.09. The van der Waals surface area contributed by atoms with E-state index in [0.29, 0.717) is 17.0 Å². The van der Waals surface area contributed by atoms with Crippen molar-refractivity contribution < 1.29 is 14.3 Å². The number of anilines is 1. The summed E-state index contributed by atoms with van der Waals surface area (Å²) in [7, 11) is 1.40.